The van der Waals surface area contributed by atoms with Crippen LogP contribution in [0.5, 0.6) is 23.0 Å². The van der Waals surface area contributed by atoms with Gasteiger partial charge in [-0.3, -0.25) is 4.79 Å². The van der Waals surface area contributed by atoms with Crippen molar-refractivity contribution in [2.75, 3.05) is 6.54 Å². The van der Waals surface area contributed by atoms with E-state index >= 15 is 0 Å². The summed E-state index contributed by atoms with van der Waals surface area (Å²) in [5, 5.41) is 40.8. The molecule has 5 N–H and O–H groups in total. The van der Waals surface area contributed by atoms with Gasteiger partial charge in [0.25, 0.3) is 5.91 Å². The van der Waals surface area contributed by atoms with E-state index in [0.29, 0.717) is 17.7 Å². The molecule has 0 radical (unpaired) electrons. The lowest BCUT2D eigenvalue weighted by atomic mass is 10.1. The number of ether oxygens (including phenoxy) is 1. The molecule has 0 unspecified atom stereocenters. The van der Waals surface area contributed by atoms with Crippen molar-refractivity contribution >= 4 is 18.0 Å². The Morgan fingerprint density at radius 1 is 0.938 bits per heavy atom. The topological polar surface area (TPSA) is 136 Å². The van der Waals surface area contributed by atoms with Crippen LogP contribution in [-0.4, -0.2) is 45.0 Å². The van der Waals surface area contributed by atoms with Crippen LogP contribution in [0.1, 0.15) is 43.7 Å². The van der Waals surface area contributed by atoms with Gasteiger partial charge in [-0.05, 0) is 47.9 Å². The Kier molecular flexibility index (Phi) is 9.41. The third-order valence-electron chi connectivity index (χ3n) is 4.75. The van der Waals surface area contributed by atoms with Crippen LogP contribution < -0.4 is 5.32 Å². The van der Waals surface area contributed by atoms with Gasteiger partial charge in [-0.25, -0.2) is 4.79 Å². The van der Waals surface area contributed by atoms with Crippen molar-refractivity contribution in [3.63, 3.8) is 0 Å². The number of carbonyl (C=O) groups excluding carboxylic acids is 2. The molecule has 2 aromatic carbocycles. The molecule has 0 aliphatic rings. The number of amides is 1. The highest BCUT2D eigenvalue weighted by Crippen LogP contribution is 2.26. The minimum atomic E-state index is -1.14. The van der Waals surface area contributed by atoms with Crippen molar-refractivity contribution in [3.05, 3.63) is 53.6 Å². The highest BCUT2D eigenvalue weighted by molar-refractivity contribution is 5.90. The Morgan fingerprint density at radius 2 is 1.62 bits per heavy atom. The summed E-state index contributed by atoms with van der Waals surface area (Å²) in [7, 11) is 0. The second kappa shape index (κ2) is 12.2. The summed E-state index contributed by atoms with van der Waals surface area (Å²) in [5.41, 5.74) is 0.962. The molecule has 8 heteroatoms. The molecule has 0 heterocycles. The van der Waals surface area contributed by atoms with Crippen LogP contribution in [0, 0.1) is 0 Å². The van der Waals surface area contributed by atoms with Gasteiger partial charge in [0.2, 0.25) is 0 Å². The molecule has 1 amide bonds. The van der Waals surface area contributed by atoms with Gasteiger partial charge in [-0.1, -0.05) is 38.3 Å². The zero-order chi connectivity index (χ0) is 23.5. The second-order valence-corrected chi connectivity index (χ2v) is 7.39. The van der Waals surface area contributed by atoms with Crippen molar-refractivity contribution in [1.29, 1.82) is 0 Å². The average Bonchev–Trinajstić information content (AvgIpc) is 2.76. The van der Waals surface area contributed by atoms with E-state index in [9.17, 15) is 30.0 Å². The molecule has 2 aromatic rings. The molecule has 0 fully saturated rings. The summed E-state index contributed by atoms with van der Waals surface area (Å²) in [5.74, 6) is -2.46. The first-order chi connectivity index (χ1) is 15.3. The highest BCUT2D eigenvalue weighted by Gasteiger charge is 2.23. The average molecular weight is 443 g/mol. The molecule has 2 rings (SSSR count). The van der Waals surface area contributed by atoms with Gasteiger partial charge >= 0.3 is 5.97 Å². The van der Waals surface area contributed by atoms with Crippen LogP contribution in [0.2, 0.25) is 0 Å². The molecule has 0 saturated carbocycles. The molecule has 32 heavy (non-hydrogen) atoms. The van der Waals surface area contributed by atoms with Gasteiger partial charge in [-0.15, -0.1) is 0 Å². The van der Waals surface area contributed by atoms with E-state index in [1.807, 2.05) is 0 Å². The maximum atomic E-state index is 12.6. The maximum absolute atomic E-state index is 12.6. The number of nitrogens with one attached hydrogen (secondary N) is 1. The van der Waals surface area contributed by atoms with Crippen LogP contribution in [0.3, 0.4) is 0 Å². The van der Waals surface area contributed by atoms with Crippen LogP contribution >= 0.6 is 0 Å². The van der Waals surface area contributed by atoms with Crippen molar-refractivity contribution < 1.29 is 34.8 Å². The summed E-state index contributed by atoms with van der Waals surface area (Å²) in [6.07, 6.45) is 5.29. The van der Waals surface area contributed by atoms with Crippen molar-refractivity contribution in [3.8, 4) is 23.0 Å². The molecule has 172 valence electrons. The summed E-state index contributed by atoms with van der Waals surface area (Å²) >= 11 is 0. The fraction of sp³-hybridized carbons (Fsp3) is 0.333. The largest absolute Gasteiger partial charge is 0.504 e. The molecule has 0 aliphatic carbocycles. The predicted molar refractivity (Wildman–Crippen MR) is 119 cm³/mol. The number of phenols is 4. The van der Waals surface area contributed by atoms with Crippen molar-refractivity contribution in [1.82, 2.24) is 5.32 Å². The monoisotopic (exact) mass is 443 g/mol. The smallest absolute Gasteiger partial charge is 0.331 e. The Bertz CT molecular complexity index is 955. The van der Waals surface area contributed by atoms with Gasteiger partial charge < -0.3 is 30.5 Å². The Morgan fingerprint density at radius 3 is 2.28 bits per heavy atom. The summed E-state index contributed by atoms with van der Waals surface area (Å²) in [4.78, 5) is 25.0. The number of hydrogen-bond acceptors (Lipinski definition) is 7. The van der Waals surface area contributed by atoms with Crippen molar-refractivity contribution in [2.45, 2.75) is 45.1 Å². The van der Waals surface area contributed by atoms with E-state index in [2.05, 4.69) is 12.2 Å². The molecule has 0 aromatic heterocycles. The summed E-state index contributed by atoms with van der Waals surface area (Å²) in [6.45, 7) is 2.55. The molecular weight excluding hydrogens is 414 g/mol. The van der Waals surface area contributed by atoms with Gasteiger partial charge in [0.05, 0.1) is 0 Å². The third-order valence-corrected chi connectivity index (χ3v) is 4.75. The van der Waals surface area contributed by atoms with Crippen LogP contribution in [-0.2, 0) is 20.7 Å². The third kappa shape index (κ3) is 7.86. The minimum absolute atomic E-state index is 0.00815. The zero-order valence-electron chi connectivity index (χ0n) is 18.0. The first kappa shape index (κ1) is 24.6. The standard InChI is InChI=1S/C24H29NO7/c1-2-3-4-5-12-25-24(31)22(15-17-7-10-19(27)21(29)14-17)32-23(30)11-8-16-6-9-18(26)20(28)13-16/h6-11,13-14,22,26-29H,2-5,12,15H2,1H3,(H,25,31)/b11-8+/t22-/m1/s1. The quantitative estimate of drug-likeness (QED) is 0.155. The maximum Gasteiger partial charge on any atom is 0.331 e. The van der Waals surface area contributed by atoms with Crippen molar-refractivity contribution in [2.24, 2.45) is 0 Å². The first-order valence-corrected chi connectivity index (χ1v) is 10.5. The molecule has 0 saturated heterocycles. The lowest BCUT2D eigenvalue weighted by molar-refractivity contribution is -0.151. The van der Waals surface area contributed by atoms with Crippen LogP contribution in [0.15, 0.2) is 42.5 Å². The molecule has 8 nitrogen and oxygen atoms in total. The second-order valence-electron chi connectivity index (χ2n) is 7.39. The molecular formula is C24H29NO7. The number of aromatic hydroxyl groups is 4. The Labute approximate surface area is 186 Å². The number of phenolic OH excluding ortho intramolecular Hbond substituents is 4. The summed E-state index contributed by atoms with van der Waals surface area (Å²) < 4.78 is 5.35. The SMILES string of the molecule is CCCCCCNC(=O)[C@@H](Cc1ccc(O)c(O)c1)OC(=O)/C=C/c1ccc(O)c(O)c1. The van der Waals surface area contributed by atoms with Gasteiger partial charge in [0, 0.05) is 19.0 Å². The van der Waals surface area contributed by atoms with E-state index in [1.54, 1.807) is 0 Å². The molecule has 0 bridgehead atoms. The predicted octanol–water partition coefficient (Wildman–Crippen LogP) is 3.37. The lowest BCUT2D eigenvalue weighted by Gasteiger charge is -2.17. The summed E-state index contributed by atoms with van der Waals surface area (Å²) in [6, 6.07) is 8.19. The van der Waals surface area contributed by atoms with Gasteiger partial charge in [0.15, 0.2) is 29.1 Å². The van der Waals surface area contributed by atoms with Gasteiger partial charge in [0.1, 0.15) is 0 Å². The van der Waals surface area contributed by atoms with Crippen LogP contribution in [0.4, 0.5) is 0 Å². The number of unbranched alkanes of at least 4 members (excludes halogenated alkanes) is 3. The van der Waals surface area contributed by atoms with Gasteiger partial charge in [-0.2, -0.15) is 0 Å². The fourth-order valence-electron chi connectivity index (χ4n) is 2.96. The number of esters is 1. The Hall–Kier alpha value is -3.68. The number of carbonyl (C=O) groups is 2. The fourth-order valence-corrected chi connectivity index (χ4v) is 2.96. The molecule has 0 aliphatic heterocycles. The van der Waals surface area contributed by atoms with Crippen LogP contribution in [0.25, 0.3) is 6.08 Å². The van der Waals surface area contributed by atoms with E-state index in [0.717, 1.165) is 31.8 Å². The Balaban J connectivity index is 2.06. The zero-order valence-corrected chi connectivity index (χ0v) is 18.0. The number of hydrogen-bond donors (Lipinski definition) is 5. The lowest BCUT2D eigenvalue weighted by Crippen LogP contribution is -2.39. The van der Waals surface area contributed by atoms with E-state index in [-0.39, 0.29) is 29.4 Å². The number of rotatable bonds is 11. The minimum Gasteiger partial charge on any atom is -0.504 e. The highest BCUT2D eigenvalue weighted by atomic mass is 16.5. The van der Waals surface area contributed by atoms with E-state index in [4.69, 9.17) is 4.74 Å². The first-order valence-electron chi connectivity index (χ1n) is 10.5. The molecule has 1 atom stereocenters. The van der Waals surface area contributed by atoms with E-state index in [1.165, 1.54) is 42.5 Å². The van der Waals surface area contributed by atoms with E-state index < -0.39 is 18.0 Å². The number of benzene rings is 2. The molecule has 0 spiro atoms. The normalized spacial score (nSPS) is 11.9.